The molecule has 0 saturated carbocycles. The minimum Gasteiger partial charge on any atom is -0.382 e. The molecule has 2 heterocycles. The van der Waals surface area contributed by atoms with Gasteiger partial charge >= 0.3 is 0 Å². The number of hydrogen-bond donors (Lipinski definition) is 2. The van der Waals surface area contributed by atoms with Gasteiger partial charge in [-0.2, -0.15) is 0 Å². The van der Waals surface area contributed by atoms with Gasteiger partial charge in [0.05, 0.1) is 17.0 Å². The van der Waals surface area contributed by atoms with Gasteiger partial charge in [0.25, 0.3) is 0 Å². The quantitative estimate of drug-likeness (QED) is 0.758. The van der Waals surface area contributed by atoms with Crippen LogP contribution in [0.3, 0.4) is 0 Å². The van der Waals surface area contributed by atoms with E-state index < -0.39 is 0 Å². The van der Waals surface area contributed by atoms with E-state index in [0.29, 0.717) is 13.2 Å². The zero-order chi connectivity index (χ0) is 17.6. The maximum absolute atomic E-state index is 12.4. The summed E-state index contributed by atoms with van der Waals surface area (Å²) in [4.78, 5) is 22.7. The minimum atomic E-state index is 0.0239. The lowest BCUT2D eigenvalue weighted by Gasteiger charge is -2.31. The highest BCUT2D eigenvalue weighted by molar-refractivity contribution is 5.80. The summed E-state index contributed by atoms with van der Waals surface area (Å²) in [6.45, 7) is 7.82. The molecule has 25 heavy (non-hydrogen) atoms. The van der Waals surface area contributed by atoms with E-state index in [1.807, 2.05) is 13.0 Å². The van der Waals surface area contributed by atoms with Crippen LogP contribution in [0.1, 0.15) is 31.7 Å². The van der Waals surface area contributed by atoms with Gasteiger partial charge in [0.1, 0.15) is 0 Å². The number of nitrogens with one attached hydrogen (secondary N) is 2. The van der Waals surface area contributed by atoms with E-state index in [0.717, 1.165) is 55.9 Å². The number of imidazole rings is 1. The number of piperidine rings is 1. The molecular weight excluding hydrogens is 316 g/mol. The molecule has 2 N–H and O–H groups in total. The van der Waals surface area contributed by atoms with Gasteiger partial charge < -0.3 is 19.9 Å². The Morgan fingerprint density at radius 3 is 3.20 bits per heavy atom. The van der Waals surface area contributed by atoms with Crippen LogP contribution in [0.15, 0.2) is 18.2 Å². The molecule has 0 radical (unpaired) electrons. The van der Waals surface area contributed by atoms with Crippen molar-refractivity contribution < 1.29 is 9.53 Å². The predicted octanol–water partition coefficient (Wildman–Crippen LogP) is 2.63. The van der Waals surface area contributed by atoms with E-state index in [1.165, 1.54) is 5.56 Å². The minimum absolute atomic E-state index is 0.0239. The third-order valence-corrected chi connectivity index (χ3v) is 4.69. The third-order valence-electron chi connectivity index (χ3n) is 4.69. The Balaban J connectivity index is 1.57. The molecule has 6 nitrogen and oxygen atoms in total. The molecule has 1 aromatic heterocycles. The Bertz CT molecular complexity index is 713. The van der Waals surface area contributed by atoms with Crippen LogP contribution in [0.5, 0.6) is 0 Å². The molecule has 0 unspecified atom stereocenters. The molecule has 1 atom stereocenters. The first-order valence-electron chi connectivity index (χ1n) is 9.24. The molecule has 1 aliphatic rings. The maximum Gasteiger partial charge on any atom is 0.224 e. The molecule has 1 aromatic carbocycles. The average Bonchev–Trinajstić information content (AvgIpc) is 3.04. The molecule has 1 fully saturated rings. The van der Waals surface area contributed by atoms with E-state index in [4.69, 9.17) is 4.74 Å². The van der Waals surface area contributed by atoms with Crippen molar-refractivity contribution in [2.24, 2.45) is 5.92 Å². The molecule has 1 amide bonds. The smallest absolute Gasteiger partial charge is 0.224 e. The van der Waals surface area contributed by atoms with Crippen molar-refractivity contribution in [2.45, 2.75) is 33.1 Å². The van der Waals surface area contributed by atoms with E-state index in [1.54, 1.807) is 0 Å². The number of amides is 1. The van der Waals surface area contributed by atoms with Crippen molar-refractivity contribution in [3.8, 4) is 0 Å². The third kappa shape index (κ3) is 4.51. The standard InChI is InChI=1S/C19H28N4O2/c1-3-25-11-5-9-20-18(24)15-6-4-10-23(13-15)19-21-16-8-7-14(2)12-17(16)22-19/h7-8,12,15H,3-6,9-11,13H2,1-2H3,(H,20,24)(H,21,22)/t15-/m0/s1. The molecule has 136 valence electrons. The number of aromatic amines is 1. The lowest BCUT2D eigenvalue weighted by Crippen LogP contribution is -2.43. The second-order valence-corrected chi connectivity index (χ2v) is 6.71. The first kappa shape index (κ1) is 17.7. The zero-order valence-electron chi connectivity index (χ0n) is 15.2. The molecule has 1 saturated heterocycles. The van der Waals surface area contributed by atoms with Crippen molar-refractivity contribution >= 4 is 22.9 Å². The van der Waals surface area contributed by atoms with Crippen LogP contribution in [-0.2, 0) is 9.53 Å². The highest BCUT2D eigenvalue weighted by Crippen LogP contribution is 2.24. The number of carbonyl (C=O) groups is 1. The Morgan fingerprint density at radius 2 is 2.36 bits per heavy atom. The number of aromatic nitrogens is 2. The number of anilines is 1. The first-order chi connectivity index (χ1) is 12.2. The first-order valence-corrected chi connectivity index (χ1v) is 9.24. The molecular formula is C19H28N4O2. The Labute approximate surface area is 149 Å². The Morgan fingerprint density at radius 1 is 1.48 bits per heavy atom. The van der Waals surface area contributed by atoms with Crippen LogP contribution in [0, 0.1) is 12.8 Å². The molecule has 1 aliphatic heterocycles. The van der Waals surface area contributed by atoms with E-state index in [-0.39, 0.29) is 11.8 Å². The summed E-state index contributed by atoms with van der Waals surface area (Å²) in [6, 6.07) is 6.22. The fraction of sp³-hybridized carbons (Fsp3) is 0.579. The summed E-state index contributed by atoms with van der Waals surface area (Å²) in [5, 5.41) is 3.04. The van der Waals surface area contributed by atoms with Crippen LogP contribution in [0.25, 0.3) is 11.0 Å². The van der Waals surface area contributed by atoms with Gasteiger partial charge in [-0.25, -0.2) is 4.98 Å². The fourth-order valence-corrected chi connectivity index (χ4v) is 3.32. The van der Waals surface area contributed by atoms with Gasteiger partial charge in [0.2, 0.25) is 11.9 Å². The van der Waals surface area contributed by atoms with E-state index >= 15 is 0 Å². The summed E-state index contributed by atoms with van der Waals surface area (Å²) in [7, 11) is 0. The zero-order valence-corrected chi connectivity index (χ0v) is 15.2. The number of benzene rings is 1. The van der Waals surface area contributed by atoms with Gasteiger partial charge in [-0.05, 0) is 50.8 Å². The van der Waals surface area contributed by atoms with Crippen molar-refractivity contribution in [1.29, 1.82) is 0 Å². The highest BCUT2D eigenvalue weighted by Gasteiger charge is 2.27. The van der Waals surface area contributed by atoms with Crippen LogP contribution < -0.4 is 10.2 Å². The van der Waals surface area contributed by atoms with Crippen molar-refractivity contribution in [3.05, 3.63) is 23.8 Å². The van der Waals surface area contributed by atoms with E-state index in [2.05, 4.69) is 39.2 Å². The number of aryl methyl sites for hydroxylation is 1. The molecule has 0 aliphatic carbocycles. The van der Waals surface area contributed by atoms with Gasteiger partial charge in [0.15, 0.2) is 0 Å². The molecule has 2 aromatic rings. The molecule has 3 rings (SSSR count). The second-order valence-electron chi connectivity index (χ2n) is 6.71. The van der Waals surface area contributed by atoms with Crippen LogP contribution >= 0.6 is 0 Å². The van der Waals surface area contributed by atoms with Crippen LogP contribution in [0.2, 0.25) is 0 Å². The highest BCUT2D eigenvalue weighted by atomic mass is 16.5. The topological polar surface area (TPSA) is 70.2 Å². The number of carbonyl (C=O) groups excluding carboxylic acids is 1. The molecule has 0 spiro atoms. The molecule has 0 bridgehead atoms. The fourth-order valence-electron chi connectivity index (χ4n) is 3.32. The number of hydrogen-bond acceptors (Lipinski definition) is 4. The van der Waals surface area contributed by atoms with Gasteiger partial charge in [-0.15, -0.1) is 0 Å². The SMILES string of the molecule is CCOCCCNC(=O)[C@H]1CCCN(c2nc3ccc(C)cc3[nH]2)C1. The average molecular weight is 344 g/mol. The Kier molecular flexibility index (Phi) is 5.91. The van der Waals surface area contributed by atoms with Crippen LogP contribution in [0.4, 0.5) is 5.95 Å². The van der Waals surface area contributed by atoms with Gasteiger partial charge in [-0.3, -0.25) is 4.79 Å². The summed E-state index contributed by atoms with van der Waals surface area (Å²) in [6.07, 6.45) is 2.80. The number of ether oxygens (including phenoxy) is 1. The number of fused-ring (bicyclic) bond motifs is 1. The number of H-pyrrole nitrogens is 1. The summed E-state index contributed by atoms with van der Waals surface area (Å²) >= 11 is 0. The van der Waals surface area contributed by atoms with Crippen molar-refractivity contribution in [3.63, 3.8) is 0 Å². The Hall–Kier alpha value is -2.08. The second kappa shape index (κ2) is 8.34. The maximum atomic E-state index is 12.4. The summed E-state index contributed by atoms with van der Waals surface area (Å²) in [5.74, 6) is 1.04. The molecule has 6 heteroatoms. The summed E-state index contributed by atoms with van der Waals surface area (Å²) < 4.78 is 5.30. The van der Waals surface area contributed by atoms with Crippen molar-refractivity contribution in [2.75, 3.05) is 37.7 Å². The van der Waals surface area contributed by atoms with Crippen LogP contribution in [-0.4, -0.2) is 48.7 Å². The van der Waals surface area contributed by atoms with Gasteiger partial charge in [0, 0.05) is 32.8 Å². The predicted molar refractivity (Wildman–Crippen MR) is 99.9 cm³/mol. The van der Waals surface area contributed by atoms with E-state index in [9.17, 15) is 4.79 Å². The normalized spacial score (nSPS) is 17.8. The van der Waals surface area contributed by atoms with Gasteiger partial charge in [-0.1, -0.05) is 6.07 Å². The number of rotatable bonds is 7. The van der Waals surface area contributed by atoms with Crippen molar-refractivity contribution in [1.82, 2.24) is 15.3 Å². The number of nitrogens with zero attached hydrogens (tertiary/aromatic N) is 2. The lowest BCUT2D eigenvalue weighted by atomic mass is 9.97. The largest absolute Gasteiger partial charge is 0.382 e. The monoisotopic (exact) mass is 344 g/mol. The summed E-state index contributed by atoms with van der Waals surface area (Å²) in [5.41, 5.74) is 3.24. The lowest BCUT2D eigenvalue weighted by molar-refractivity contribution is -0.125.